The van der Waals surface area contributed by atoms with E-state index in [4.69, 9.17) is 18.0 Å². The first-order chi connectivity index (χ1) is 8.11. The first-order valence-corrected chi connectivity index (χ1v) is 6.18. The van der Waals surface area contributed by atoms with Crippen molar-refractivity contribution < 1.29 is 4.79 Å². The molecule has 0 spiro atoms. The molecule has 3 nitrogen and oxygen atoms in total. The fourth-order valence-corrected chi connectivity index (χ4v) is 2.52. The number of hydrogen-bond acceptors (Lipinski definition) is 2. The third kappa shape index (κ3) is 2.31. The van der Waals surface area contributed by atoms with Crippen molar-refractivity contribution in [3.8, 4) is 0 Å². The Balaban J connectivity index is 2.26. The third-order valence-electron chi connectivity index (χ3n) is 3.22. The Morgan fingerprint density at radius 2 is 2.18 bits per heavy atom. The van der Waals surface area contributed by atoms with Gasteiger partial charge < -0.3 is 10.6 Å². The van der Waals surface area contributed by atoms with Crippen LogP contribution in [-0.4, -0.2) is 28.4 Å². The lowest BCUT2D eigenvalue weighted by molar-refractivity contribution is 0.0769. The molecule has 90 valence electrons. The Morgan fingerprint density at radius 3 is 2.82 bits per heavy atom. The molecule has 1 aromatic rings. The number of carbonyl (C=O) groups is 1. The van der Waals surface area contributed by atoms with Crippen molar-refractivity contribution in [3.63, 3.8) is 0 Å². The summed E-state index contributed by atoms with van der Waals surface area (Å²) in [6, 6.07) is 7.54. The molecule has 0 radical (unpaired) electrons. The Labute approximate surface area is 107 Å². The lowest BCUT2D eigenvalue weighted by Gasteiger charge is -2.24. The van der Waals surface area contributed by atoms with Crippen LogP contribution < -0.4 is 5.73 Å². The number of thiocarbonyl (C=S) groups is 1. The van der Waals surface area contributed by atoms with Gasteiger partial charge in [0.15, 0.2) is 0 Å². The average molecular weight is 248 g/mol. The van der Waals surface area contributed by atoms with Crippen LogP contribution in [0, 0.1) is 6.92 Å². The van der Waals surface area contributed by atoms with Gasteiger partial charge in [0.1, 0.15) is 0 Å². The summed E-state index contributed by atoms with van der Waals surface area (Å²) in [7, 11) is 0. The largest absolute Gasteiger partial charge is 0.392 e. The second-order valence-electron chi connectivity index (χ2n) is 4.37. The summed E-state index contributed by atoms with van der Waals surface area (Å²) in [4.78, 5) is 14.6. The predicted molar refractivity (Wildman–Crippen MR) is 72.0 cm³/mol. The fraction of sp³-hybridized carbons (Fsp3) is 0.385. The van der Waals surface area contributed by atoms with Crippen molar-refractivity contribution in [3.05, 3.63) is 35.4 Å². The highest BCUT2D eigenvalue weighted by Gasteiger charge is 2.31. The monoisotopic (exact) mass is 248 g/mol. The van der Waals surface area contributed by atoms with Crippen molar-refractivity contribution >= 4 is 23.1 Å². The van der Waals surface area contributed by atoms with E-state index < -0.39 is 0 Å². The molecule has 1 unspecified atom stereocenters. The smallest absolute Gasteiger partial charge is 0.254 e. The van der Waals surface area contributed by atoms with E-state index in [1.54, 1.807) is 4.90 Å². The Morgan fingerprint density at radius 1 is 1.47 bits per heavy atom. The quantitative estimate of drug-likeness (QED) is 0.813. The van der Waals surface area contributed by atoms with Gasteiger partial charge >= 0.3 is 0 Å². The fourth-order valence-electron chi connectivity index (χ4n) is 2.27. The molecule has 0 bridgehead atoms. The highest BCUT2D eigenvalue weighted by Crippen LogP contribution is 2.21. The predicted octanol–water partition coefficient (Wildman–Crippen LogP) is 1.89. The molecule has 1 saturated heterocycles. The van der Waals surface area contributed by atoms with Gasteiger partial charge in [0, 0.05) is 12.1 Å². The Hall–Kier alpha value is -1.42. The summed E-state index contributed by atoms with van der Waals surface area (Å²) in [5, 5.41) is 0. The number of rotatable bonds is 2. The highest BCUT2D eigenvalue weighted by atomic mass is 32.1. The van der Waals surface area contributed by atoms with Gasteiger partial charge in [-0.25, -0.2) is 0 Å². The molecule has 0 aromatic heterocycles. The number of nitrogens with zero attached hydrogens (tertiary/aromatic N) is 1. The van der Waals surface area contributed by atoms with Crippen LogP contribution in [0.2, 0.25) is 0 Å². The van der Waals surface area contributed by atoms with E-state index in [0.717, 1.165) is 30.5 Å². The summed E-state index contributed by atoms with van der Waals surface area (Å²) in [6.07, 6.45) is 1.85. The molecule has 1 atom stereocenters. The van der Waals surface area contributed by atoms with Gasteiger partial charge in [0.05, 0.1) is 11.0 Å². The molecule has 1 aromatic carbocycles. The van der Waals surface area contributed by atoms with E-state index in [9.17, 15) is 4.79 Å². The molecule has 4 heteroatoms. The second kappa shape index (κ2) is 4.84. The highest BCUT2D eigenvalue weighted by molar-refractivity contribution is 7.80. The van der Waals surface area contributed by atoms with E-state index >= 15 is 0 Å². The average Bonchev–Trinajstić information content (AvgIpc) is 2.77. The molecule has 0 saturated carbocycles. The molecule has 2 N–H and O–H groups in total. The molecule has 1 aliphatic rings. The molecular formula is C13H16N2OS. The van der Waals surface area contributed by atoms with Gasteiger partial charge in [-0.1, -0.05) is 30.4 Å². The molecule has 17 heavy (non-hydrogen) atoms. The zero-order valence-corrected chi connectivity index (χ0v) is 10.7. The van der Waals surface area contributed by atoms with Gasteiger partial charge in [-0.05, 0) is 31.4 Å². The SMILES string of the molecule is Cc1ccccc1C(=O)N1CCCC1C(N)=S. The van der Waals surface area contributed by atoms with Crippen molar-refractivity contribution in [1.29, 1.82) is 0 Å². The van der Waals surface area contributed by atoms with Crippen molar-refractivity contribution in [2.45, 2.75) is 25.8 Å². The zero-order valence-electron chi connectivity index (χ0n) is 9.85. The zero-order chi connectivity index (χ0) is 12.4. The first kappa shape index (κ1) is 12.0. The van der Waals surface area contributed by atoms with Crippen LogP contribution in [0.25, 0.3) is 0 Å². The lowest BCUT2D eigenvalue weighted by Crippen LogP contribution is -2.43. The van der Waals surface area contributed by atoms with Crippen LogP contribution in [0.4, 0.5) is 0 Å². The number of aryl methyl sites for hydroxylation is 1. The number of hydrogen-bond donors (Lipinski definition) is 1. The van der Waals surface area contributed by atoms with Crippen LogP contribution >= 0.6 is 12.2 Å². The molecule has 1 fully saturated rings. The standard InChI is InChI=1S/C13H16N2OS/c1-9-5-2-3-6-10(9)13(16)15-8-4-7-11(15)12(14)17/h2-3,5-6,11H,4,7-8H2,1H3,(H2,14,17). The minimum absolute atomic E-state index is 0.0402. The second-order valence-corrected chi connectivity index (χ2v) is 4.85. The summed E-state index contributed by atoms with van der Waals surface area (Å²) in [5.41, 5.74) is 7.42. The van der Waals surface area contributed by atoms with Gasteiger partial charge in [0.2, 0.25) is 0 Å². The number of carbonyl (C=O) groups excluding carboxylic acids is 1. The minimum atomic E-state index is -0.0721. The molecule has 1 heterocycles. The third-order valence-corrected chi connectivity index (χ3v) is 3.49. The maximum Gasteiger partial charge on any atom is 0.254 e. The maximum absolute atomic E-state index is 12.4. The minimum Gasteiger partial charge on any atom is -0.392 e. The number of benzene rings is 1. The van der Waals surface area contributed by atoms with Crippen LogP contribution in [0.1, 0.15) is 28.8 Å². The first-order valence-electron chi connectivity index (χ1n) is 5.77. The summed E-state index contributed by atoms with van der Waals surface area (Å²) in [6.45, 7) is 2.69. The van der Waals surface area contributed by atoms with Gasteiger partial charge in [-0.2, -0.15) is 0 Å². The van der Waals surface area contributed by atoms with Gasteiger partial charge in [0.25, 0.3) is 5.91 Å². The normalized spacial score (nSPS) is 19.4. The number of nitrogens with two attached hydrogens (primary N) is 1. The number of likely N-dealkylation sites (tertiary alicyclic amines) is 1. The van der Waals surface area contributed by atoms with Crippen molar-refractivity contribution in [2.24, 2.45) is 5.73 Å². The van der Waals surface area contributed by atoms with Crippen LogP contribution in [0.3, 0.4) is 0 Å². The van der Waals surface area contributed by atoms with Crippen molar-refractivity contribution in [1.82, 2.24) is 4.90 Å². The molecular weight excluding hydrogens is 232 g/mol. The van der Waals surface area contributed by atoms with E-state index in [1.165, 1.54) is 0 Å². The molecule has 1 amide bonds. The van der Waals surface area contributed by atoms with E-state index in [1.807, 2.05) is 31.2 Å². The van der Waals surface area contributed by atoms with E-state index in [0.29, 0.717) is 4.99 Å². The summed E-state index contributed by atoms with van der Waals surface area (Å²) >= 11 is 5.02. The van der Waals surface area contributed by atoms with Gasteiger partial charge in [-0.3, -0.25) is 4.79 Å². The Bertz CT molecular complexity index is 458. The lowest BCUT2D eigenvalue weighted by atomic mass is 10.1. The van der Waals surface area contributed by atoms with E-state index in [2.05, 4.69) is 0 Å². The summed E-state index contributed by atoms with van der Waals surface area (Å²) < 4.78 is 0. The van der Waals surface area contributed by atoms with Gasteiger partial charge in [-0.15, -0.1) is 0 Å². The van der Waals surface area contributed by atoms with Crippen molar-refractivity contribution in [2.75, 3.05) is 6.54 Å². The number of amides is 1. The maximum atomic E-state index is 12.4. The van der Waals surface area contributed by atoms with Crippen LogP contribution in [-0.2, 0) is 0 Å². The van der Waals surface area contributed by atoms with Crippen LogP contribution in [0.5, 0.6) is 0 Å². The summed E-state index contributed by atoms with van der Waals surface area (Å²) in [5.74, 6) is 0.0402. The Kier molecular flexibility index (Phi) is 3.43. The van der Waals surface area contributed by atoms with E-state index in [-0.39, 0.29) is 11.9 Å². The topological polar surface area (TPSA) is 46.3 Å². The van der Waals surface area contributed by atoms with Crippen LogP contribution in [0.15, 0.2) is 24.3 Å². The molecule has 0 aliphatic carbocycles. The molecule has 2 rings (SSSR count). The molecule has 1 aliphatic heterocycles.